The second-order valence-electron chi connectivity index (χ2n) is 5.49. The van der Waals surface area contributed by atoms with Gasteiger partial charge in [-0.2, -0.15) is 5.26 Å². The Hall–Kier alpha value is -1.08. The van der Waals surface area contributed by atoms with Crippen molar-refractivity contribution in [2.75, 3.05) is 13.1 Å². The molecule has 0 spiro atoms. The van der Waals surface area contributed by atoms with E-state index in [-0.39, 0.29) is 17.9 Å². The quantitative estimate of drug-likeness (QED) is 0.811. The van der Waals surface area contributed by atoms with E-state index in [0.29, 0.717) is 18.9 Å². The summed E-state index contributed by atoms with van der Waals surface area (Å²) in [6, 6.07) is 2.30. The normalized spacial score (nSPS) is 23.7. The van der Waals surface area contributed by atoms with Crippen molar-refractivity contribution in [1.29, 1.82) is 5.26 Å². The molecular formula is C14H25N3O. The maximum Gasteiger partial charge on any atom is 0.225 e. The Morgan fingerprint density at radius 3 is 2.44 bits per heavy atom. The summed E-state index contributed by atoms with van der Waals surface area (Å²) in [4.78, 5) is 14.3. The molecule has 0 atom stereocenters. The Morgan fingerprint density at radius 2 is 2.00 bits per heavy atom. The zero-order valence-electron chi connectivity index (χ0n) is 11.6. The molecular weight excluding hydrogens is 226 g/mol. The van der Waals surface area contributed by atoms with E-state index in [4.69, 9.17) is 11.0 Å². The van der Waals surface area contributed by atoms with Crippen LogP contribution in [0.5, 0.6) is 0 Å². The van der Waals surface area contributed by atoms with Crippen LogP contribution >= 0.6 is 0 Å². The Labute approximate surface area is 110 Å². The van der Waals surface area contributed by atoms with Gasteiger partial charge in [-0.3, -0.25) is 4.79 Å². The molecule has 0 saturated heterocycles. The molecule has 0 aromatic heterocycles. The van der Waals surface area contributed by atoms with Crippen LogP contribution in [-0.2, 0) is 4.79 Å². The molecule has 4 heteroatoms. The number of nitriles is 1. The lowest BCUT2D eigenvalue weighted by Gasteiger charge is -2.33. The molecule has 0 bridgehead atoms. The molecule has 0 heterocycles. The van der Waals surface area contributed by atoms with Gasteiger partial charge in [0.25, 0.3) is 0 Å². The number of nitrogens with two attached hydrogens (primary N) is 1. The summed E-state index contributed by atoms with van der Waals surface area (Å²) in [5, 5.41) is 8.65. The van der Waals surface area contributed by atoms with Crippen molar-refractivity contribution in [1.82, 2.24) is 4.90 Å². The molecule has 0 aromatic rings. The highest BCUT2D eigenvalue weighted by Crippen LogP contribution is 2.29. The van der Waals surface area contributed by atoms with Crippen molar-refractivity contribution < 1.29 is 4.79 Å². The topological polar surface area (TPSA) is 70.1 Å². The first-order valence-electron chi connectivity index (χ1n) is 6.97. The molecule has 1 rings (SSSR count). The maximum atomic E-state index is 12.4. The van der Waals surface area contributed by atoms with Gasteiger partial charge >= 0.3 is 0 Å². The molecule has 0 aromatic carbocycles. The van der Waals surface area contributed by atoms with E-state index < -0.39 is 0 Å². The summed E-state index contributed by atoms with van der Waals surface area (Å²) >= 11 is 0. The molecule has 1 amide bonds. The van der Waals surface area contributed by atoms with E-state index in [1.54, 1.807) is 0 Å². The largest absolute Gasteiger partial charge is 0.339 e. The average Bonchev–Trinajstić information content (AvgIpc) is 2.38. The summed E-state index contributed by atoms with van der Waals surface area (Å²) in [5.41, 5.74) is 5.67. The number of nitrogens with zero attached hydrogens (tertiary/aromatic N) is 2. The van der Waals surface area contributed by atoms with Crippen LogP contribution in [0.3, 0.4) is 0 Å². The fraction of sp³-hybridized carbons (Fsp3) is 0.857. The highest BCUT2D eigenvalue weighted by Gasteiger charge is 2.29. The van der Waals surface area contributed by atoms with Crippen molar-refractivity contribution in [2.45, 2.75) is 52.0 Å². The summed E-state index contributed by atoms with van der Waals surface area (Å²) in [6.45, 7) is 5.33. The van der Waals surface area contributed by atoms with E-state index in [1.807, 2.05) is 18.7 Å². The highest BCUT2D eigenvalue weighted by molar-refractivity contribution is 5.79. The van der Waals surface area contributed by atoms with Crippen molar-refractivity contribution >= 4 is 5.91 Å². The average molecular weight is 251 g/mol. The van der Waals surface area contributed by atoms with E-state index in [2.05, 4.69) is 6.07 Å². The van der Waals surface area contributed by atoms with Crippen molar-refractivity contribution in [3.05, 3.63) is 0 Å². The number of carbonyl (C=O) groups excluding carboxylic acids is 1. The SMILES string of the molecule is CC(C)N(CCC#N)C(=O)C1CCC(CN)CC1. The van der Waals surface area contributed by atoms with Crippen LogP contribution < -0.4 is 5.73 Å². The molecule has 1 fully saturated rings. The number of amides is 1. The molecule has 4 nitrogen and oxygen atoms in total. The Morgan fingerprint density at radius 1 is 1.39 bits per heavy atom. The summed E-state index contributed by atoms with van der Waals surface area (Å²) in [7, 11) is 0. The van der Waals surface area contributed by atoms with Gasteiger partial charge in [-0.15, -0.1) is 0 Å². The van der Waals surface area contributed by atoms with Crippen LogP contribution in [0.15, 0.2) is 0 Å². The van der Waals surface area contributed by atoms with Crippen LogP contribution in [0.4, 0.5) is 0 Å². The molecule has 0 unspecified atom stereocenters. The predicted molar refractivity (Wildman–Crippen MR) is 71.6 cm³/mol. The molecule has 1 saturated carbocycles. The minimum atomic E-state index is 0.147. The lowest BCUT2D eigenvalue weighted by molar-refractivity contribution is -0.138. The number of carbonyl (C=O) groups is 1. The van der Waals surface area contributed by atoms with Gasteiger partial charge in [0, 0.05) is 18.5 Å². The molecule has 0 aliphatic heterocycles. The second-order valence-corrected chi connectivity index (χ2v) is 5.49. The van der Waals surface area contributed by atoms with Crippen LogP contribution in [0.1, 0.15) is 46.0 Å². The molecule has 0 radical (unpaired) electrons. The van der Waals surface area contributed by atoms with Gasteiger partial charge in [-0.25, -0.2) is 0 Å². The van der Waals surface area contributed by atoms with E-state index in [0.717, 1.165) is 32.2 Å². The van der Waals surface area contributed by atoms with Crippen LogP contribution in [0.2, 0.25) is 0 Å². The first-order valence-corrected chi connectivity index (χ1v) is 6.97. The highest BCUT2D eigenvalue weighted by atomic mass is 16.2. The summed E-state index contributed by atoms with van der Waals surface area (Å²) in [6.07, 6.45) is 4.46. The zero-order valence-corrected chi connectivity index (χ0v) is 11.6. The van der Waals surface area contributed by atoms with Gasteiger partial charge in [0.15, 0.2) is 0 Å². The van der Waals surface area contributed by atoms with Gasteiger partial charge in [0.1, 0.15) is 0 Å². The summed E-state index contributed by atoms with van der Waals surface area (Å²) in [5.74, 6) is 0.977. The van der Waals surface area contributed by atoms with Gasteiger partial charge in [-0.05, 0) is 52.0 Å². The minimum absolute atomic E-state index is 0.147. The van der Waals surface area contributed by atoms with Gasteiger partial charge in [-0.1, -0.05) is 0 Å². The molecule has 2 N–H and O–H groups in total. The number of hydrogen-bond acceptors (Lipinski definition) is 3. The Bertz CT molecular complexity index is 301. The Kier molecular flexibility index (Phi) is 6.14. The first kappa shape index (κ1) is 15.0. The number of hydrogen-bond donors (Lipinski definition) is 1. The molecule has 102 valence electrons. The second kappa shape index (κ2) is 7.38. The van der Waals surface area contributed by atoms with Crippen LogP contribution in [0, 0.1) is 23.2 Å². The van der Waals surface area contributed by atoms with Crippen LogP contribution in [-0.4, -0.2) is 29.9 Å². The van der Waals surface area contributed by atoms with Gasteiger partial charge < -0.3 is 10.6 Å². The fourth-order valence-electron chi connectivity index (χ4n) is 2.67. The minimum Gasteiger partial charge on any atom is -0.339 e. The maximum absolute atomic E-state index is 12.4. The lowest BCUT2D eigenvalue weighted by Crippen LogP contribution is -2.42. The third kappa shape index (κ3) is 3.99. The lowest BCUT2D eigenvalue weighted by atomic mass is 9.81. The van der Waals surface area contributed by atoms with Crippen LogP contribution in [0.25, 0.3) is 0 Å². The van der Waals surface area contributed by atoms with E-state index in [9.17, 15) is 4.79 Å². The van der Waals surface area contributed by atoms with Gasteiger partial charge in [0.2, 0.25) is 5.91 Å². The molecule has 18 heavy (non-hydrogen) atoms. The smallest absolute Gasteiger partial charge is 0.225 e. The van der Waals surface area contributed by atoms with Gasteiger partial charge in [0.05, 0.1) is 12.5 Å². The third-order valence-corrected chi connectivity index (χ3v) is 3.90. The zero-order chi connectivity index (χ0) is 13.5. The van der Waals surface area contributed by atoms with E-state index in [1.165, 1.54) is 0 Å². The first-order chi connectivity index (χ1) is 8.60. The predicted octanol–water partition coefficient (Wildman–Crippen LogP) is 1.90. The number of rotatable bonds is 5. The third-order valence-electron chi connectivity index (χ3n) is 3.90. The summed E-state index contributed by atoms with van der Waals surface area (Å²) < 4.78 is 0. The van der Waals surface area contributed by atoms with Crippen molar-refractivity contribution in [3.8, 4) is 6.07 Å². The fourth-order valence-corrected chi connectivity index (χ4v) is 2.67. The van der Waals surface area contributed by atoms with Crippen molar-refractivity contribution in [3.63, 3.8) is 0 Å². The Balaban J connectivity index is 2.53. The van der Waals surface area contributed by atoms with E-state index >= 15 is 0 Å². The van der Waals surface area contributed by atoms with Crippen molar-refractivity contribution in [2.24, 2.45) is 17.6 Å². The standard InChI is InChI=1S/C14H25N3O/c1-11(2)17(9-3-8-15)14(18)13-6-4-12(10-16)5-7-13/h11-13H,3-7,9-10,16H2,1-2H3. The molecule has 1 aliphatic rings. The molecule has 1 aliphatic carbocycles. The monoisotopic (exact) mass is 251 g/mol.